The Morgan fingerprint density at radius 3 is 2.86 bits per heavy atom. The van der Waals surface area contributed by atoms with Crippen LogP contribution in [-0.4, -0.2) is 6.54 Å². The Morgan fingerprint density at radius 1 is 1.36 bits per heavy atom. The highest BCUT2D eigenvalue weighted by molar-refractivity contribution is 5.85. The maximum absolute atomic E-state index is 13.0. The van der Waals surface area contributed by atoms with Crippen molar-refractivity contribution in [2.24, 2.45) is 5.73 Å². The lowest BCUT2D eigenvalue weighted by Gasteiger charge is -1.98. The molecule has 14 heavy (non-hydrogen) atoms. The van der Waals surface area contributed by atoms with Crippen LogP contribution < -0.4 is 5.73 Å². The fraction of sp³-hybridized carbons (Fsp3) is 0.200. The van der Waals surface area contributed by atoms with Crippen LogP contribution in [0.5, 0.6) is 0 Å². The van der Waals surface area contributed by atoms with E-state index in [1.54, 1.807) is 6.07 Å². The van der Waals surface area contributed by atoms with E-state index in [2.05, 4.69) is 0 Å². The molecule has 1 aromatic carbocycles. The predicted molar refractivity (Wildman–Crippen MR) is 56.2 cm³/mol. The van der Waals surface area contributed by atoms with Gasteiger partial charge in [0.2, 0.25) is 0 Å². The van der Waals surface area contributed by atoms with E-state index in [4.69, 9.17) is 10.2 Å². The number of para-hydroxylation sites is 1. The van der Waals surface area contributed by atoms with Crippen LogP contribution in [0.4, 0.5) is 4.39 Å². The van der Waals surface area contributed by atoms with Crippen molar-refractivity contribution in [3.63, 3.8) is 0 Å². The van der Waals surface area contributed by atoms with Crippen molar-refractivity contribution in [3.8, 4) is 0 Å². The van der Waals surface area contributed by atoms with Crippen molar-refractivity contribution in [1.29, 1.82) is 0 Å². The summed E-state index contributed by atoms with van der Waals surface area (Å²) in [6, 6.07) is 5.41. The average molecular weight is 216 g/mol. The highest BCUT2D eigenvalue weighted by Gasteiger charge is 2.07. The van der Waals surface area contributed by atoms with Gasteiger partial charge in [-0.3, -0.25) is 0 Å². The van der Waals surface area contributed by atoms with Crippen LogP contribution in [0.3, 0.4) is 0 Å². The molecule has 2 nitrogen and oxygen atoms in total. The molecule has 76 valence electrons. The Balaban J connectivity index is 0.000000980. The maximum atomic E-state index is 13.0. The number of nitrogens with two attached hydrogens (primary N) is 1. The van der Waals surface area contributed by atoms with E-state index in [0.29, 0.717) is 23.9 Å². The normalized spacial score (nSPS) is 10.1. The molecule has 1 aromatic heterocycles. The Bertz CT molecular complexity index is 427. The van der Waals surface area contributed by atoms with Crippen molar-refractivity contribution in [2.75, 3.05) is 6.54 Å². The topological polar surface area (TPSA) is 39.2 Å². The molecule has 2 aromatic rings. The van der Waals surface area contributed by atoms with Gasteiger partial charge < -0.3 is 10.2 Å². The summed E-state index contributed by atoms with van der Waals surface area (Å²) in [6.07, 6.45) is 1.84. The Labute approximate surface area is 87.3 Å². The van der Waals surface area contributed by atoms with Crippen LogP contribution in [-0.2, 0) is 6.42 Å². The zero-order valence-electron chi connectivity index (χ0n) is 7.50. The molecule has 2 N–H and O–H groups in total. The van der Waals surface area contributed by atoms with Crippen LogP contribution in [0.1, 0.15) is 5.56 Å². The molecule has 0 spiro atoms. The predicted octanol–water partition coefficient (Wildman–Crippen LogP) is 2.49. The molecule has 4 heteroatoms. The number of halogens is 2. The summed E-state index contributed by atoms with van der Waals surface area (Å²) in [5.74, 6) is -0.311. The van der Waals surface area contributed by atoms with E-state index in [1.165, 1.54) is 0 Å². The van der Waals surface area contributed by atoms with Gasteiger partial charge in [-0.15, -0.1) is 12.4 Å². The van der Waals surface area contributed by atoms with E-state index >= 15 is 0 Å². The van der Waals surface area contributed by atoms with E-state index in [0.717, 1.165) is 11.8 Å². The maximum Gasteiger partial charge on any atom is 0.169 e. The fourth-order valence-corrected chi connectivity index (χ4v) is 1.44. The summed E-state index contributed by atoms with van der Waals surface area (Å²) in [5.41, 5.74) is 7.00. The number of hydrogen-bond acceptors (Lipinski definition) is 2. The number of benzene rings is 1. The molecule has 0 aliphatic heterocycles. The first-order valence-electron chi connectivity index (χ1n) is 4.17. The first kappa shape index (κ1) is 11.0. The number of furan rings is 1. The van der Waals surface area contributed by atoms with Crippen molar-refractivity contribution in [3.05, 3.63) is 35.8 Å². The molecule has 0 unspecified atom stereocenters. The third-order valence-corrected chi connectivity index (χ3v) is 2.05. The highest BCUT2D eigenvalue weighted by atomic mass is 35.5. The number of hydrogen-bond donors (Lipinski definition) is 1. The van der Waals surface area contributed by atoms with Gasteiger partial charge in [0.05, 0.1) is 5.39 Å². The minimum atomic E-state index is -0.311. The molecule has 0 saturated heterocycles. The second-order valence-corrected chi connectivity index (χ2v) is 2.92. The van der Waals surface area contributed by atoms with Gasteiger partial charge in [0.1, 0.15) is 11.8 Å². The van der Waals surface area contributed by atoms with Crippen LogP contribution >= 0.6 is 12.4 Å². The molecule has 0 atom stereocenters. The van der Waals surface area contributed by atoms with Gasteiger partial charge in [-0.2, -0.15) is 0 Å². The molecule has 0 aliphatic rings. The second-order valence-electron chi connectivity index (χ2n) is 2.92. The third-order valence-electron chi connectivity index (χ3n) is 2.05. The lowest BCUT2D eigenvalue weighted by molar-refractivity contribution is 0.556. The van der Waals surface area contributed by atoms with Gasteiger partial charge in [0, 0.05) is 0 Å². The highest BCUT2D eigenvalue weighted by Crippen LogP contribution is 2.23. The van der Waals surface area contributed by atoms with Crippen molar-refractivity contribution in [1.82, 2.24) is 0 Å². The Kier molecular flexibility index (Phi) is 3.49. The molecule has 0 radical (unpaired) electrons. The van der Waals surface area contributed by atoms with Gasteiger partial charge in [0.15, 0.2) is 5.82 Å². The number of rotatable bonds is 2. The summed E-state index contributed by atoms with van der Waals surface area (Å²) >= 11 is 0. The summed E-state index contributed by atoms with van der Waals surface area (Å²) in [5, 5.41) is 0.533. The third kappa shape index (κ3) is 1.74. The molecule has 0 amide bonds. The summed E-state index contributed by atoms with van der Waals surface area (Å²) in [7, 11) is 0. The molecule has 0 saturated carbocycles. The van der Waals surface area contributed by atoms with Crippen LogP contribution in [0.2, 0.25) is 0 Å². The number of fused-ring (bicyclic) bond motifs is 1. The zero-order valence-corrected chi connectivity index (χ0v) is 8.31. The van der Waals surface area contributed by atoms with Crippen molar-refractivity contribution >= 4 is 23.4 Å². The van der Waals surface area contributed by atoms with Gasteiger partial charge in [-0.05, 0) is 24.6 Å². The molecule has 2 rings (SSSR count). The summed E-state index contributed by atoms with van der Waals surface area (Å²) < 4.78 is 18.1. The molecule has 1 heterocycles. The SMILES string of the molecule is Cl.NCCc1cccc2c(F)coc12. The van der Waals surface area contributed by atoms with Crippen LogP contribution in [0, 0.1) is 5.82 Å². The molecule has 0 fully saturated rings. The van der Waals surface area contributed by atoms with E-state index in [1.807, 2.05) is 12.1 Å². The van der Waals surface area contributed by atoms with Crippen LogP contribution in [0.25, 0.3) is 11.0 Å². The summed E-state index contributed by atoms with van der Waals surface area (Å²) in [4.78, 5) is 0. The van der Waals surface area contributed by atoms with Gasteiger partial charge in [-0.25, -0.2) is 4.39 Å². The molecule has 0 bridgehead atoms. The molecule has 0 aliphatic carbocycles. The van der Waals surface area contributed by atoms with Gasteiger partial charge >= 0.3 is 0 Å². The fourth-order valence-electron chi connectivity index (χ4n) is 1.44. The molecular formula is C10H11ClFNO. The van der Waals surface area contributed by atoms with E-state index in [9.17, 15) is 4.39 Å². The average Bonchev–Trinajstić information content (AvgIpc) is 2.50. The largest absolute Gasteiger partial charge is 0.461 e. The minimum absolute atomic E-state index is 0. The minimum Gasteiger partial charge on any atom is -0.461 e. The molecular weight excluding hydrogens is 205 g/mol. The summed E-state index contributed by atoms with van der Waals surface area (Å²) in [6.45, 7) is 0.543. The Hall–Kier alpha value is -1.06. The first-order chi connectivity index (χ1) is 6.33. The zero-order chi connectivity index (χ0) is 9.26. The quantitative estimate of drug-likeness (QED) is 0.836. The van der Waals surface area contributed by atoms with E-state index < -0.39 is 0 Å². The lowest BCUT2D eigenvalue weighted by Crippen LogP contribution is -2.02. The second kappa shape index (κ2) is 4.44. The lowest BCUT2D eigenvalue weighted by atomic mass is 10.1. The van der Waals surface area contributed by atoms with Gasteiger partial charge in [-0.1, -0.05) is 12.1 Å². The van der Waals surface area contributed by atoms with Crippen molar-refractivity contribution in [2.45, 2.75) is 6.42 Å². The van der Waals surface area contributed by atoms with Crippen molar-refractivity contribution < 1.29 is 8.81 Å². The smallest absolute Gasteiger partial charge is 0.169 e. The van der Waals surface area contributed by atoms with Gasteiger partial charge in [0.25, 0.3) is 0 Å². The first-order valence-corrected chi connectivity index (χ1v) is 4.17. The Morgan fingerprint density at radius 2 is 2.14 bits per heavy atom. The van der Waals surface area contributed by atoms with Crippen LogP contribution in [0.15, 0.2) is 28.9 Å². The standard InChI is InChI=1S/C10H10FNO.ClH/c11-9-6-13-10-7(4-5-12)2-1-3-8(9)10;/h1-3,6H,4-5,12H2;1H. The monoisotopic (exact) mass is 215 g/mol. The van der Waals surface area contributed by atoms with E-state index in [-0.39, 0.29) is 18.2 Å².